The number of rotatable bonds is 14. The highest BCUT2D eigenvalue weighted by Crippen LogP contribution is 2.36. The van der Waals surface area contributed by atoms with Crippen LogP contribution in [0.4, 0.5) is 0 Å². The minimum absolute atomic E-state index is 0.274. The summed E-state index contributed by atoms with van der Waals surface area (Å²) in [5.41, 5.74) is 1.01. The lowest BCUT2D eigenvalue weighted by Crippen LogP contribution is -2.42. The molecule has 0 unspecified atom stereocenters. The molecular weight excluding hydrogens is 429 g/mol. The molecule has 0 amide bonds. The third-order valence-corrected chi connectivity index (χ3v) is 25.3. The molecule has 0 aromatic rings. The van der Waals surface area contributed by atoms with Gasteiger partial charge in [-0.05, 0) is 12.8 Å². The molecule has 0 bridgehead atoms. The number of carboxylic acid groups (broad SMARTS) is 2. The quantitative estimate of drug-likeness (QED) is 0.212. The first-order valence-corrected chi connectivity index (χ1v) is 25.4. The lowest BCUT2D eigenvalue weighted by atomic mass is 9.79. The fourth-order valence-corrected chi connectivity index (χ4v) is 32.1. The molecule has 29 heavy (non-hydrogen) atoms. The summed E-state index contributed by atoms with van der Waals surface area (Å²) in [6, 6.07) is 2.05. The van der Waals surface area contributed by atoms with E-state index in [1.165, 1.54) is 11.3 Å². The molecule has 0 aromatic carbocycles. The summed E-state index contributed by atoms with van der Waals surface area (Å²) in [4.78, 5) is 24.2. The minimum Gasteiger partial charge on any atom is -0.480 e. The second-order valence-electron chi connectivity index (χ2n) is 13.2. The number of hydrogen-bond donors (Lipinski definition) is 2. The average molecular weight is 477 g/mol. The van der Waals surface area contributed by atoms with Gasteiger partial charge in [-0.25, -0.2) is 0 Å². The van der Waals surface area contributed by atoms with Crippen LogP contribution in [0, 0.1) is 5.41 Å². The maximum absolute atomic E-state index is 12.1. The number of carbonyl (C=O) groups is 2. The van der Waals surface area contributed by atoms with E-state index in [0.29, 0.717) is 0 Å². The van der Waals surface area contributed by atoms with Crippen LogP contribution >= 0.6 is 0 Å². The summed E-state index contributed by atoms with van der Waals surface area (Å²) in [5, 5.41) is 19.8. The van der Waals surface area contributed by atoms with Crippen LogP contribution in [-0.4, -0.2) is 54.4 Å². The van der Waals surface area contributed by atoms with Crippen LogP contribution in [-0.2, 0) is 9.59 Å². The summed E-state index contributed by atoms with van der Waals surface area (Å²) in [5.74, 6) is -2.28. The molecule has 0 atom stereocenters. The molecule has 0 rings (SSSR count). The van der Waals surface area contributed by atoms with Crippen molar-refractivity contribution >= 4 is 44.2 Å². The monoisotopic (exact) mass is 476 g/mol. The Labute approximate surface area is 183 Å². The number of aliphatic carboxylic acids is 2. The van der Waals surface area contributed by atoms with E-state index in [0.717, 1.165) is 24.9 Å². The molecule has 0 aromatic heterocycles. The zero-order valence-electron chi connectivity index (χ0n) is 20.9. The van der Waals surface area contributed by atoms with E-state index in [-0.39, 0.29) is 12.8 Å². The molecule has 0 spiro atoms. The van der Waals surface area contributed by atoms with E-state index in [1.807, 2.05) is 0 Å². The van der Waals surface area contributed by atoms with Crippen molar-refractivity contribution in [1.29, 1.82) is 0 Å². The van der Waals surface area contributed by atoms with E-state index in [4.69, 9.17) is 0 Å². The first-order valence-electron chi connectivity index (χ1n) is 11.2. The highest BCUT2D eigenvalue weighted by molar-refractivity contribution is 6.95. The molecular formula is C21H48O4Si4. The van der Waals surface area contributed by atoms with Gasteiger partial charge in [0.1, 0.15) is 0 Å². The van der Waals surface area contributed by atoms with Crippen molar-refractivity contribution in [3.8, 4) is 0 Å². The lowest BCUT2D eigenvalue weighted by molar-refractivity contribution is -0.166. The van der Waals surface area contributed by atoms with Gasteiger partial charge in [-0.15, -0.1) is 0 Å². The van der Waals surface area contributed by atoms with Crippen molar-refractivity contribution in [3.63, 3.8) is 0 Å². The van der Waals surface area contributed by atoms with Gasteiger partial charge in [-0.1, -0.05) is 102 Å². The number of hydrogen-bond acceptors (Lipinski definition) is 2. The molecule has 2 N–H and O–H groups in total. The third kappa shape index (κ3) is 11.7. The third-order valence-electron chi connectivity index (χ3n) is 5.75. The molecule has 0 aliphatic carbocycles. The summed E-state index contributed by atoms with van der Waals surface area (Å²) in [6.45, 7) is 23.8. The van der Waals surface area contributed by atoms with Crippen LogP contribution in [0.5, 0.6) is 0 Å². The summed E-state index contributed by atoms with van der Waals surface area (Å²) >= 11 is 0. The highest BCUT2D eigenvalue weighted by atomic mass is 28.4. The fourth-order valence-electron chi connectivity index (χ4n) is 5.43. The summed E-state index contributed by atoms with van der Waals surface area (Å²) < 4.78 is 0. The van der Waals surface area contributed by atoms with Crippen LogP contribution < -0.4 is 0 Å². The zero-order chi connectivity index (χ0) is 23.3. The first-order chi connectivity index (χ1) is 12.7. The Morgan fingerprint density at radius 2 is 0.897 bits per heavy atom. The van der Waals surface area contributed by atoms with Crippen LogP contribution in [0.1, 0.15) is 25.7 Å². The van der Waals surface area contributed by atoms with Crippen molar-refractivity contribution < 1.29 is 19.8 Å². The van der Waals surface area contributed by atoms with Crippen LogP contribution in [0.3, 0.4) is 0 Å². The topological polar surface area (TPSA) is 74.6 Å². The minimum atomic E-state index is -1.60. The summed E-state index contributed by atoms with van der Waals surface area (Å²) in [6.07, 6.45) is 1.99. The Morgan fingerprint density at radius 3 is 1.10 bits per heavy atom. The van der Waals surface area contributed by atoms with Gasteiger partial charge < -0.3 is 10.2 Å². The first kappa shape index (κ1) is 28.8. The molecule has 0 saturated heterocycles. The van der Waals surface area contributed by atoms with E-state index < -0.39 is 49.6 Å². The van der Waals surface area contributed by atoms with Crippen molar-refractivity contribution in [1.82, 2.24) is 0 Å². The van der Waals surface area contributed by atoms with Gasteiger partial charge in [0, 0.05) is 32.3 Å². The van der Waals surface area contributed by atoms with Crippen molar-refractivity contribution in [3.05, 3.63) is 0 Å². The molecule has 0 heterocycles. The zero-order valence-corrected chi connectivity index (χ0v) is 24.9. The molecule has 172 valence electrons. The SMILES string of the molecule is C[Si](C)(C)C[Si](C)(C)CCCC(CCC[Si](C)(C)C[Si](C)(C)C)(C(=O)O)C(=O)O. The Bertz CT molecular complexity index is 510. The molecule has 0 radical (unpaired) electrons. The van der Waals surface area contributed by atoms with E-state index in [1.54, 1.807) is 0 Å². The Kier molecular flexibility index (Phi) is 10.3. The molecule has 0 aliphatic rings. The van der Waals surface area contributed by atoms with Crippen LogP contribution in [0.15, 0.2) is 0 Å². The Morgan fingerprint density at radius 1 is 0.621 bits per heavy atom. The van der Waals surface area contributed by atoms with Gasteiger partial charge >= 0.3 is 11.9 Å². The van der Waals surface area contributed by atoms with E-state index in [2.05, 4.69) is 65.5 Å². The molecule has 0 fully saturated rings. The number of carboxylic acids is 2. The highest BCUT2D eigenvalue weighted by Gasteiger charge is 2.46. The predicted octanol–water partition coefficient (Wildman–Crippen LogP) is 6.87. The fraction of sp³-hybridized carbons (Fsp3) is 0.905. The Balaban J connectivity index is 5.09. The van der Waals surface area contributed by atoms with E-state index in [9.17, 15) is 19.8 Å². The van der Waals surface area contributed by atoms with Crippen molar-refractivity contribution in [2.75, 3.05) is 0 Å². The van der Waals surface area contributed by atoms with Crippen LogP contribution in [0.2, 0.25) is 88.9 Å². The van der Waals surface area contributed by atoms with Gasteiger partial charge in [-0.3, -0.25) is 9.59 Å². The maximum Gasteiger partial charge on any atom is 0.321 e. The standard InChI is InChI=1S/C21H48O4Si4/c1-26(2,3)17-28(7,8)15-11-13-21(19(22)23,20(24)25)14-12-16-29(9,10)18-27(4,5)6/h11-18H2,1-10H3,(H,22,23)(H,24,25). The lowest BCUT2D eigenvalue weighted by Gasteiger charge is -2.32. The van der Waals surface area contributed by atoms with Gasteiger partial charge in [0.2, 0.25) is 0 Å². The molecule has 0 aliphatic heterocycles. The molecule has 4 nitrogen and oxygen atoms in total. The maximum atomic E-state index is 12.1. The van der Waals surface area contributed by atoms with Gasteiger partial charge in [0.05, 0.1) is 0 Å². The Hall–Kier alpha value is -0.192. The average Bonchev–Trinajstić information content (AvgIpc) is 2.39. The van der Waals surface area contributed by atoms with Gasteiger partial charge in [0.25, 0.3) is 0 Å². The summed E-state index contributed by atoms with van der Waals surface area (Å²) in [7, 11) is -5.13. The van der Waals surface area contributed by atoms with Gasteiger partial charge in [-0.2, -0.15) is 0 Å². The predicted molar refractivity (Wildman–Crippen MR) is 137 cm³/mol. The van der Waals surface area contributed by atoms with Crippen molar-refractivity contribution in [2.45, 2.75) is 115 Å². The smallest absolute Gasteiger partial charge is 0.321 e. The van der Waals surface area contributed by atoms with Crippen molar-refractivity contribution in [2.24, 2.45) is 5.41 Å². The van der Waals surface area contributed by atoms with Crippen LogP contribution in [0.25, 0.3) is 0 Å². The largest absolute Gasteiger partial charge is 0.480 e. The molecule has 0 saturated carbocycles. The van der Waals surface area contributed by atoms with Gasteiger partial charge in [0.15, 0.2) is 5.41 Å². The molecule has 8 heteroatoms. The second-order valence-corrected chi connectivity index (χ2v) is 35.9. The van der Waals surface area contributed by atoms with E-state index >= 15 is 0 Å². The second kappa shape index (κ2) is 10.4. The normalized spacial score (nSPS) is 14.1.